The molecule has 0 unspecified atom stereocenters. The molecule has 0 saturated carbocycles. The first kappa shape index (κ1) is 15.0. The highest BCUT2D eigenvalue weighted by molar-refractivity contribution is 5.96. The number of carbonyl (C=O) groups is 1. The Kier molecular flexibility index (Phi) is 3.87. The van der Waals surface area contributed by atoms with Gasteiger partial charge in [0.1, 0.15) is 0 Å². The monoisotopic (exact) mass is 303 g/mol. The van der Waals surface area contributed by atoms with Crippen molar-refractivity contribution in [1.82, 2.24) is 10.2 Å². The highest BCUT2D eigenvalue weighted by atomic mass is 16.6. The van der Waals surface area contributed by atoms with Crippen LogP contribution in [0.15, 0.2) is 18.2 Å². The Morgan fingerprint density at radius 2 is 2.05 bits per heavy atom. The summed E-state index contributed by atoms with van der Waals surface area (Å²) in [7, 11) is 0. The number of nitrogens with zero attached hydrogens (tertiary/aromatic N) is 2. The lowest BCUT2D eigenvalue weighted by molar-refractivity contribution is -0.384. The van der Waals surface area contributed by atoms with Crippen molar-refractivity contribution >= 4 is 11.6 Å². The lowest BCUT2D eigenvalue weighted by Gasteiger charge is -2.39. The fourth-order valence-electron chi connectivity index (χ4n) is 3.58. The van der Waals surface area contributed by atoms with Crippen molar-refractivity contribution < 1.29 is 9.72 Å². The Morgan fingerprint density at radius 3 is 2.59 bits per heavy atom. The molecule has 0 aromatic heterocycles. The molecule has 6 nitrogen and oxygen atoms in total. The number of rotatable bonds is 2. The number of piperidine rings is 1. The van der Waals surface area contributed by atoms with Gasteiger partial charge in [-0.3, -0.25) is 14.9 Å². The number of non-ortho nitro benzene ring substituents is 1. The zero-order valence-corrected chi connectivity index (χ0v) is 12.8. The fourth-order valence-corrected chi connectivity index (χ4v) is 3.58. The minimum Gasteiger partial charge on any atom is -0.339 e. The van der Waals surface area contributed by atoms with Crippen molar-refractivity contribution in [1.29, 1.82) is 0 Å². The van der Waals surface area contributed by atoms with E-state index >= 15 is 0 Å². The molecule has 0 bridgehead atoms. The molecule has 118 valence electrons. The van der Waals surface area contributed by atoms with E-state index in [0.29, 0.717) is 16.5 Å². The zero-order chi connectivity index (χ0) is 15.7. The van der Waals surface area contributed by atoms with Crippen LogP contribution in [0.25, 0.3) is 0 Å². The number of amides is 1. The van der Waals surface area contributed by atoms with Crippen molar-refractivity contribution in [2.24, 2.45) is 5.41 Å². The third-order valence-corrected chi connectivity index (χ3v) is 5.09. The molecule has 22 heavy (non-hydrogen) atoms. The molecule has 2 saturated heterocycles. The Morgan fingerprint density at radius 1 is 1.32 bits per heavy atom. The van der Waals surface area contributed by atoms with Crippen LogP contribution in [-0.2, 0) is 0 Å². The molecule has 2 aliphatic rings. The minimum absolute atomic E-state index is 0.00629. The average Bonchev–Trinajstić information content (AvgIpc) is 2.95. The van der Waals surface area contributed by atoms with Gasteiger partial charge in [-0.15, -0.1) is 0 Å². The van der Waals surface area contributed by atoms with Crippen molar-refractivity contribution in [3.8, 4) is 0 Å². The molecule has 3 rings (SSSR count). The summed E-state index contributed by atoms with van der Waals surface area (Å²) in [5.41, 5.74) is 1.65. The van der Waals surface area contributed by atoms with Gasteiger partial charge in [-0.2, -0.15) is 0 Å². The van der Waals surface area contributed by atoms with Crippen LogP contribution in [0.2, 0.25) is 0 Å². The fraction of sp³-hybridized carbons (Fsp3) is 0.562. The Balaban J connectivity index is 1.71. The second-order valence-electron chi connectivity index (χ2n) is 6.48. The smallest absolute Gasteiger partial charge is 0.269 e. The quantitative estimate of drug-likeness (QED) is 0.671. The summed E-state index contributed by atoms with van der Waals surface area (Å²) in [6.45, 7) is 5.45. The number of likely N-dealkylation sites (tertiary alicyclic amines) is 1. The predicted molar refractivity (Wildman–Crippen MR) is 82.9 cm³/mol. The van der Waals surface area contributed by atoms with Crippen molar-refractivity contribution in [2.45, 2.75) is 26.2 Å². The summed E-state index contributed by atoms with van der Waals surface area (Å²) < 4.78 is 0. The molecule has 2 aliphatic heterocycles. The number of nitro groups is 1. The molecule has 2 heterocycles. The van der Waals surface area contributed by atoms with Crippen molar-refractivity contribution in [2.75, 3.05) is 26.2 Å². The number of hydrogen-bond acceptors (Lipinski definition) is 4. The molecule has 1 N–H and O–H groups in total. The summed E-state index contributed by atoms with van der Waals surface area (Å²) in [4.78, 5) is 24.9. The number of nitrogens with one attached hydrogen (secondary N) is 1. The lowest BCUT2D eigenvalue weighted by Crippen LogP contribution is -2.44. The molecule has 0 aliphatic carbocycles. The summed E-state index contributed by atoms with van der Waals surface area (Å²) in [6, 6.07) is 4.46. The molecule has 1 spiro atoms. The molecule has 0 radical (unpaired) electrons. The van der Waals surface area contributed by atoms with E-state index in [-0.39, 0.29) is 11.6 Å². The predicted octanol–water partition coefficient (Wildman–Crippen LogP) is 2.12. The first-order chi connectivity index (χ1) is 10.5. The van der Waals surface area contributed by atoms with Gasteiger partial charge in [0, 0.05) is 37.3 Å². The van der Waals surface area contributed by atoms with Gasteiger partial charge in [0.25, 0.3) is 11.6 Å². The standard InChI is InChI=1S/C16H21N3O3/c1-12-10-13(19(21)22)2-3-14(12)15(20)18-8-5-16(6-9-18)4-7-17-11-16/h2-3,10,17H,4-9,11H2,1H3. The van der Waals surface area contributed by atoms with E-state index in [0.717, 1.165) is 39.0 Å². The Bertz CT molecular complexity index is 599. The van der Waals surface area contributed by atoms with E-state index in [1.807, 2.05) is 4.90 Å². The first-order valence-corrected chi connectivity index (χ1v) is 7.76. The summed E-state index contributed by atoms with van der Waals surface area (Å²) in [5, 5.41) is 14.2. The van der Waals surface area contributed by atoms with Gasteiger partial charge < -0.3 is 10.2 Å². The second kappa shape index (κ2) is 5.68. The van der Waals surface area contributed by atoms with Crippen LogP contribution < -0.4 is 5.32 Å². The molecule has 2 fully saturated rings. The average molecular weight is 303 g/mol. The maximum absolute atomic E-state index is 12.6. The summed E-state index contributed by atoms with van der Waals surface area (Å²) in [5.74, 6) is -0.00629. The molecule has 0 atom stereocenters. The third kappa shape index (κ3) is 2.70. The number of nitro benzene ring substituents is 1. The lowest BCUT2D eigenvalue weighted by atomic mass is 9.77. The molecule has 6 heteroatoms. The largest absolute Gasteiger partial charge is 0.339 e. The Labute approximate surface area is 129 Å². The van der Waals surface area contributed by atoms with E-state index < -0.39 is 4.92 Å². The number of aryl methyl sites for hydroxylation is 1. The maximum atomic E-state index is 12.6. The Hall–Kier alpha value is -1.95. The molecule has 1 aromatic rings. The highest BCUT2D eigenvalue weighted by Crippen LogP contribution is 2.37. The zero-order valence-electron chi connectivity index (χ0n) is 12.8. The number of benzene rings is 1. The van der Waals surface area contributed by atoms with Crippen LogP contribution >= 0.6 is 0 Å². The second-order valence-corrected chi connectivity index (χ2v) is 6.48. The van der Waals surface area contributed by atoms with Crippen LogP contribution in [0, 0.1) is 22.5 Å². The van der Waals surface area contributed by atoms with Gasteiger partial charge in [-0.05, 0) is 49.8 Å². The van der Waals surface area contributed by atoms with Crippen molar-refractivity contribution in [3.05, 3.63) is 39.4 Å². The normalized spacial score (nSPS) is 20.3. The van der Waals surface area contributed by atoms with Gasteiger partial charge in [-0.25, -0.2) is 0 Å². The number of carbonyl (C=O) groups excluding carboxylic acids is 1. The van der Waals surface area contributed by atoms with E-state index in [1.165, 1.54) is 18.6 Å². The minimum atomic E-state index is -0.432. The van der Waals surface area contributed by atoms with Crippen molar-refractivity contribution in [3.63, 3.8) is 0 Å². The van der Waals surface area contributed by atoms with E-state index in [2.05, 4.69) is 5.32 Å². The van der Waals surface area contributed by atoms with Gasteiger partial charge in [0.15, 0.2) is 0 Å². The van der Waals surface area contributed by atoms with Gasteiger partial charge in [0.2, 0.25) is 0 Å². The molecule has 1 aromatic carbocycles. The number of hydrogen-bond donors (Lipinski definition) is 1. The van der Waals surface area contributed by atoms with Crippen LogP contribution in [0.4, 0.5) is 5.69 Å². The van der Waals surface area contributed by atoms with E-state index in [9.17, 15) is 14.9 Å². The topological polar surface area (TPSA) is 75.5 Å². The molecule has 1 amide bonds. The van der Waals surface area contributed by atoms with Gasteiger partial charge in [-0.1, -0.05) is 0 Å². The van der Waals surface area contributed by atoms with Gasteiger partial charge in [0.05, 0.1) is 4.92 Å². The van der Waals surface area contributed by atoms with E-state index in [4.69, 9.17) is 0 Å². The molecular weight excluding hydrogens is 282 g/mol. The summed E-state index contributed by atoms with van der Waals surface area (Å²) in [6.07, 6.45) is 3.28. The SMILES string of the molecule is Cc1cc([N+](=O)[O-])ccc1C(=O)N1CCC2(CCNC2)CC1. The highest BCUT2D eigenvalue weighted by Gasteiger charge is 2.38. The maximum Gasteiger partial charge on any atom is 0.269 e. The van der Waals surface area contributed by atoms with Crippen LogP contribution in [0.1, 0.15) is 35.2 Å². The van der Waals surface area contributed by atoms with Crippen LogP contribution in [-0.4, -0.2) is 41.9 Å². The van der Waals surface area contributed by atoms with Crippen LogP contribution in [0.5, 0.6) is 0 Å². The van der Waals surface area contributed by atoms with E-state index in [1.54, 1.807) is 13.0 Å². The summed E-state index contributed by atoms with van der Waals surface area (Å²) >= 11 is 0. The molecular formula is C16H21N3O3. The third-order valence-electron chi connectivity index (χ3n) is 5.09. The first-order valence-electron chi connectivity index (χ1n) is 7.76. The van der Waals surface area contributed by atoms with Crippen LogP contribution in [0.3, 0.4) is 0 Å². The van der Waals surface area contributed by atoms with Gasteiger partial charge >= 0.3 is 0 Å².